The van der Waals surface area contributed by atoms with E-state index in [2.05, 4.69) is 5.32 Å². The summed E-state index contributed by atoms with van der Waals surface area (Å²) in [4.78, 5) is 24.1. The van der Waals surface area contributed by atoms with Crippen LogP contribution in [0, 0.1) is 0 Å². The molecule has 9 heteroatoms. The van der Waals surface area contributed by atoms with Crippen molar-refractivity contribution in [2.24, 2.45) is 0 Å². The second-order valence-electron chi connectivity index (χ2n) is 5.34. The molecule has 0 saturated heterocycles. The molecule has 2 aromatic rings. The molecule has 0 aliphatic rings. The fraction of sp³-hybridized carbons (Fsp3) is 0.294. The lowest BCUT2D eigenvalue weighted by atomic mass is 10.2. The Morgan fingerprint density at radius 2 is 1.92 bits per heavy atom. The van der Waals surface area contributed by atoms with Crippen molar-refractivity contribution < 1.29 is 27.5 Å². The molecule has 1 heterocycles. The first kappa shape index (κ1) is 20.1. The Morgan fingerprint density at radius 3 is 2.62 bits per heavy atom. The van der Waals surface area contributed by atoms with Crippen LogP contribution in [0.3, 0.4) is 0 Å². The van der Waals surface area contributed by atoms with E-state index in [-0.39, 0.29) is 35.3 Å². The standard InChI is InChI=1S/C17H19NO6S2/c1-2-26(22,23)10-8-18-16(19)13-5-3-4-6-15(13)25-11-14-12(17(20)21)7-9-24-14/h3-7,9H,2,8,10-11H2,1H3,(H,18,19)(H,20,21). The van der Waals surface area contributed by atoms with Crippen LogP contribution in [0.25, 0.3) is 0 Å². The highest BCUT2D eigenvalue weighted by molar-refractivity contribution is 7.98. The summed E-state index contributed by atoms with van der Waals surface area (Å²) in [5, 5.41) is 11.7. The molecule has 140 valence electrons. The number of sulfone groups is 1. The summed E-state index contributed by atoms with van der Waals surface area (Å²) in [6.45, 7) is 1.60. The van der Waals surface area contributed by atoms with Gasteiger partial charge in [0, 0.05) is 17.2 Å². The first-order valence-electron chi connectivity index (χ1n) is 7.84. The maximum atomic E-state index is 12.3. The van der Waals surface area contributed by atoms with Crippen LogP contribution in [0.5, 0.6) is 0 Å². The average molecular weight is 397 g/mol. The van der Waals surface area contributed by atoms with Crippen LogP contribution < -0.4 is 5.32 Å². The van der Waals surface area contributed by atoms with Crippen LogP contribution in [0.2, 0.25) is 0 Å². The maximum Gasteiger partial charge on any atom is 0.339 e. The van der Waals surface area contributed by atoms with E-state index in [0.29, 0.717) is 16.2 Å². The quantitative estimate of drug-likeness (QED) is 0.625. The van der Waals surface area contributed by atoms with Gasteiger partial charge >= 0.3 is 5.97 Å². The second-order valence-corrected chi connectivity index (χ2v) is 8.83. The monoisotopic (exact) mass is 397 g/mol. The van der Waals surface area contributed by atoms with Gasteiger partial charge in [0.1, 0.15) is 11.3 Å². The number of carbonyl (C=O) groups is 2. The number of carboxylic acids is 1. The van der Waals surface area contributed by atoms with Crippen molar-refractivity contribution in [1.29, 1.82) is 0 Å². The Bertz CT molecular complexity index is 888. The third kappa shape index (κ3) is 5.37. The van der Waals surface area contributed by atoms with Crippen molar-refractivity contribution in [1.82, 2.24) is 5.32 Å². The predicted molar refractivity (Wildman–Crippen MR) is 98.3 cm³/mol. The molecule has 1 amide bonds. The molecule has 1 aromatic carbocycles. The van der Waals surface area contributed by atoms with Crippen molar-refractivity contribution >= 4 is 33.5 Å². The number of nitrogens with one attached hydrogen (secondary N) is 1. The number of benzene rings is 1. The third-order valence-electron chi connectivity index (χ3n) is 3.60. The van der Waals surface area contributed by atoms with Gasteiger partial charge in [-0.3, -0.25) is 4.79 Å². The highest BCUT2D eigenvalue weighted by Crippen LogP contribution is 2.28. The fourth-order valence-corrected chi connectivity index (χ4v) is 3.83. The molecule has 0 aliphatic carbocycles. The lowest BCUT2D eigenvalue weighted by Crippen LogP contribution is -2.29. The summed E-state index contributed by atoms with van der Waals surface area (Å²) < 4.78 is 28.2. The van der Waals surface area contributed by atoms with Gasteiger partial charge in [-0.05, 0) is 18.2 Å². The van der Waals surface area contributed by atoms with Crippen LogP contribution in [-0.2, 0) is 15.6 Å². The van der Waals surface area contributed by atoms with Crippen molar-refractivity contribution in [2.75, 3.05) is 18.1 Å². The van der Waals surface area contributed by atoms with Crippen LogP contribution >= 0.6 is 11.8 Å². The van der Waals surface area contributed by atoms with E-state index in [0.717, 1.165) is 0 Å². The minimum absolute atomic E-state index is 0.0321. The molecule has 0 spiro atoms. The Morgan fingerprint density at radius 1 is 1.19 bits per heavy atom. The Kier molecular flexibility index (Phi) is 6.87. The number of carboxylic acid groups (broad SMARTS) is 1. The van der Waals surface area contributed by atoms with Crippen LogP contribution in [0.1, 0.15) is 33.4 Å². The van der Waals surface area contributed by atoms with Gasteiger partial charge < -0.3 is 14.8 Å². The van der Waals surface area contributed by atoms with E-state index < -0.39 is 15.8 Å². The lowest BCUT2D eigenvalue weighted by molar-refractivity contribution is 0.0694. The van der Waals surface area contributed by atoms with Gasteiger partial charge in [-0.2, -0.15) is 0 Å². The molecule has 0 bridgehead atoms. The topological polar surface area (TPSA) is 114 Å². The minimum Gasteiger partial charge on any atom is -0.478 e. The van der Waals surface area contributed by atoms with E-state index in [9.17, 15) is 18.0 Å². The summed E-state index contributed by atoms with van der Waals surface area (Å²) in [5.74, 6) is -0.964. The molecule has 7 nitrogen and oxygen atoms in total. The number of thioether (sulfide) groups is 1. The number of carbonyl (C=O) groups excluding carboxylic acids is 1. The van der Waals surface area contributed by atoms with Gasteiger partial charge in [0.05, 0.1) is 23.3 Å². The number of hydrogen-bond acceptors (Lipinski definition) is 6. The van der Waals surface area contributed by atoms with Crippen LogP contribution in [-0.4, -0.2) is 43.5 Å². The molecule has 0 radical (unpaired) electrons. The molecule has 2 rings (SSSR count). The SMILES string of the molecule is CCS(=O)(=O)CCNC(=O)c1ccccc1SCc1occc1C(=O)O. The molecule has 2 N–H and O–H groups in total. The smallest absolute Gasteiger partial charge is 0.339 e. The molecule has 26 heavy (non-hydrogen) atoms. The van der Waals surface area contributed by atoms with E-state index >= 15 is 0 Å². The average Bonchev–Trinajstić information content (AvgIpc) is 3.09. The molecular formula is C17H19NO6S2. The van der Waals surface area contributed by atoms with E-state index in [1.54, 1.807) is 31.2 Å². The van der Waals surface area contributed by atoms with E-state index in [4.69, 9.17) is 9.52 Å². The Hall–Kier alpha value is -2.26. The van der Waals surface area contributed by atoms with Crippen LogP contribution in [0.15, 0.2) is 45.9 Å². The van der Waals surface area contributed by atoms with E-state index in [1.165, 1.54) is 24.1 Å². The van der Waals surface area contributed by atoms with Crippen molar-refractivity contribution in [3.63, 3.8) is 0 Å². The van der Waals surface area contributed by atoms with E-state index in [1.807, 2.05) is 0 Å². The third-order valence-corrected chi connectivity index (χ3v) is 6.38. The van der Waals surface area contributed by atoms with Gasteiger partial charge in [0.2, 0.25) is 0 Å². The Balaban J connectivity index is 2.04. The zero-order chi connectivity index (χ0) is 19.2. The number of furan rings is 1. The first-order chi connectivity index (χ1) is 12.3. The number of amides is 1. The molecule has 0 fully saturated rings. The van der Waals surface area contributed by atoms with Crippen LogP contribution in [0.4, 0.5) is 0 Å². The number of aromatic carboxylic acids is 1. The van der Waals surface area contributed by atoms with Crippen molar-refractivity contribution in [3.05, 3.63) is 53.5 Å². The van der Waals surface area contributed by atoms with Crippen molar-refractivity contribution in [3.8, 4) is 0 Å². The van der Waals surface area contributed by atoms with Crippen molar-refractivity contribution in [2.45, 2.75) is 17.6 Å². The highest BCUT2D eigenvalue weighted by Gasteiger charge is 2.16. The summed E-state index contributed by atoms with van der Waals surface area (Å²) in [5.41, 5.74) is 0.485. The summed E-state index contributed by atoms with van der Waals surface area (Å²) >= 11 is 1.27. The van der Waals surface area contributed by atoms with Gasteiger partial charge in [-0.25, -0.2) is 13.2 Å². The highest BCUT2D eigenvalue weighted by atomic mass is 32.2. The zero-order valence-electron chi connectivity index (χ0n) is 14.1. The first-order valence-corrected chi connectivity index (χ1v) is 10.6. The minimum atomic E-state index is -3.15. The van der Waals surface area contributed by atoms with Gasteiger partial charge in [-0.1, -0.05) is 19.1 Å². The molecule has 0 saturated carbocycles. The summed E-state index contributed by atoms with van der Waals surface area (Å²) in [7, 11) is -3.15. The summed E-state index contributed by atoms with van der Waals surface area (Å²) in [6.07, 6.45) is 1.31. The molecule has 1 aromatic heterocycles. The Labute approximate surface area is 155 Å². The maximum absolute atomic E-state index is 12.3. The lowest BCUT2D eigenvalue weighted by Gasteiger charge is -2.09. The zero-order valence-corrected chi connectivity index (χ0v) is 15.7. The molecule has 0 aliphatic heterocycles. The normalized spacial score (nSPS) is 11.3. The second kappa shape index (κ2) is 8.91. The largest absolute Gasteiger partial charge is 0.478 e. The number of hydrogen-bond donors (Lipinski definition) is 2. The number of rotatable bonds is 9. The fourth-order valence-electron chi connectivity index (χ4n) is 2.13. The van der Waals surface area contributed by atoms with Gasteiger partial charge in [-0.15, -0.1) is 11.8 Å². The predicted octanol–water partition coefficient (Wildman–Crippen LogP) is 2.43. The summed E-state index contributed by atoms with van der Waals surface area (Å²) in [6, 6.07) is 8.22. The molecule has 0 unspecified atom stereocenters. The molecule has 0 atom stereocenters. The van der Waals surface area contributed by atoms with Gasteiger partial charge in [0.15, 0.2) is 9.84 Å². The van der Waals surface area contributed by atoms with Gasteiger partial charge in [0.25, 0.3) is 5.91 Å². The molecular weight excluding hydrogens is 378 g/mol.